The first-order valence-electron chi connectivity index (χ1n) is 13.7. The lowest BCUT2D eigenvalue weighted by Crippen LogP contribution is -2.33. The largest absolute Gasteiger partial charge is 0.388 e. The quantitative estimate of drug-likeness (QED) is 0.113. The van der Waals surface area contributed by atoms with E-state index in [0.717, 1.165) is 30.8 Å². The van der Waals surface area contributed by atoms with Gasteiger partial charge in [0.05, 0.1) is 5.25 Å². The number of imide groups is 1. The molecule has 252 valence electrons. The smallest absolute Gasteiger partial charge is 0.242 e. The van der Waals surface area contributed by atoms with Gasteiger partial charge in [0.1, 0.15) is 17.3 Å². The zero-order chi connectivity index (χ0) is 33.8. The summed E-state index contributed by atoms with van der Waals surface area (Å²) >= 11 is 3.19. The lowest BCUT2D eigenvalue weighted by atomic mass is 10.2. The van der Waals surface area contributed by atoms with Crippen LogP contribution in [0.25, 0.3) is 0 Å². The molecule has 1 heterocycles. The molecular formula is C29H59NO8S4. The van der Waals surface area contributed by atoms with Gasteiger partial charge in [-0.25, -0.2) is 0 Å². The highest BCUT2D eigenvalue weighted by atomic mass is 33.1. The standard InChI is InChI=1S/C10H15NO3S.C7H14OS.C6H12OS2.3C2H6O/c1-3-7(12)4-5-11-9(13)6-8(15-2)10(11)14;1-3-7(8)5-4-6-9-2;1-3-6(7)4-5-9-8-2;3*1-3-2/h8H,3-6H2,1-2H3;3-6H2,1-2H3;3-5H2,1-2H3;3*1-2H3. The van der Waals surface area contributed by atoms with Crippen molar-refractivity contribution in [2.24, 2.45) is 0 Å². The third-order valence-electron chi connectivity index (χ3n) is 4.67. The van der Waals surface area contributed by atoms with Crippen LogP contribution < -0.4 is 0 Å². The molecule has 0 saturated carbocycles. The van der Waals surface area contributed by atoms with E-state index in [1.54, 1.807) is 82.9 Å². The van der Waals surface area contributed by atoms with E-state index in [1.807, 2.05) is 26.4 Å². The Kier molecular flexibility index (Phi) is 51.7. The molecule has 1 aliphatic rings. The number of likely N-dealkylation sites (tertiary alicyclic amines) is 1. The van der Waals surface area contributed by atoms with Gasteiger partial charge in [-0.05, 0) is 30.9 Å². The first-order valence-corrected chi connectivity index (χ1v) is 19.1. The van der Waals surface area contributed by atoms with Gasteiger partial charge in [-0.3, -0.25) is 28.9 Å². The summed E-state index contributed by atoms with van der Waals surface area (Å²) in [7, 11) is 13.2. The molecule has 1 rings (SSSR count). The summed E-state index contributed by atoms with van der Waals surface area (Å²) < 4.78 is 12.8. The molecule has 9 nitrogen and oxygen atoms in total. The minimum absolute atomic E-state index is 0.0863. The topological polar surface area (TPSA) is 116 Å². The molecule has 1 fully saturated rings. The first kappa shape index (κ1) is 51.0. The van der Waals surface area contributed by atoms with Crippen LogP contribution >= 0.6 is 45.1 Å². The van der Waals surface area contributed by atoms with Crippen molar-refractivity contribution < 1.29 is 38.2 Å². The highest BCUT2D eigenvalue weighted by Crippen LogP contribution is 2.23. The molecule has 0 spiro atoms. The minimum Gasteiger partial charge on any atom is -0.388 e. The van der Waals surface area contributed by atoms with Gasteiger partial charge < -0.3 is 14.2 Å². The van der Waals surface area contributed by atoms with Gasteiger partial charge in [0.15, 0.2) is 0 Å². The molecule has 0 N–H and O–H groups in total. The van der Waals surface area contributed by atoms with E-state index in [-0.39, 0.29) is 42.2 Å². The van der Waals surface area contributed by atoms with Crippen molar-refractivity contribution in [3.8, 4) is 0 Å². The van der Waals surface area contributed by atoms with Crippen LogP contribution in [0.2, 0.25) is 0 Å². The molecule has 1 aliphatic heterocycles. The number of amides is 2. The summed E-state index contributed by atoms with van der Waals surface area (Å²) in [5, 5.41) is -0.241. The number of hydrogen-bond donors (Lipinski definition) is 0. The van der Waals surface area contributed by atoms with Crippen molar-refractivity contribution in [1.29, 1.82) is 0 Å². The van der Waals surface area contributed by atoms with E-state index < -0.39 is 0 Å². The molecule has 0 aromatic heterocycles. The van der Waals surface area contributed by atoms with Crippen molar-refractivity contribution in [2.75, 3.05) is 79.5 Å². The number of ketones is 3. The second kappa shape index (κ2) is 42.6. The van der Waals surface area contributed by atoms with Gasteiger partial charge in [0.25, 0.3) is 0 Å². The Morgan fingerprint density at radius 1 is 0.738 bits per heavy atom. The number of hydrogen-bond acceptors (Lipinski definition) is 12. The SMILES string of the molecule is CCC(=O)CCCSC.CCC(=O)CCN1C(=O)CC(SC)C1=O.CCC(=O)CCSSC.COC.COC.COC. The predicted octanol–water partition coefficient (Wildman–Crippen LogP) is 6.11. The van der Waals surface area contributed by atoms with E-state index in [4.69, 9.17) is 0 Å². The molecule has 1 unspecified atom stereocenters. The van der Waals surface area contributed by atoms with Crippen molar-refractivity contribution >= 4 is 74.3 Å². The second-order valence-corrected chi connectivity index (χ2v) is 13.0. The average molecular weight is 678 g/mol. The number of methoxy groups -OCH3 is 3. The van der Waals surface area contributed by atoms with E-state index >= 15 is 0 Å². The number of rotatable bonds is 15. The fraction of sp³-hybridized carbons (Fsp3) is 0.828. The van der Waals surface area contributed by atoms with Gasteiger partial charge in [-0.2, -0.15) is 23.5 Å². The monoisotopic (exact) mass is 677 g/mol. The van der Waals surface area contributed by atoms with E-state index in [9.17, 15) is 24.0 Å². The highest BCUT2D eigenvalue weighted by molar-refractivity contribution is 8.76. The third-order valence-corrected chi connectivity index (χ3v) is 8.12. The second-order valence-electron chi connectivity index (χ2n) is 8.30. The molecule has 1 saturated heterocycles. The summed E-state index contributed by atoms with van der Waals surface area (Å²) in [6.07, 6.45) is 10.9. The zero-order valence-corrected chi connectivity index (χ0v) is 31.5. The average Bonchev–Trinajstić information content (AvgIpc) is 3.25. The van der Waals surface area contributed by atoms with Crippen molar-refractivity contribution in [3.05, 3.63) is 0 Å². The van der Waals surface area contributed by atoms with Crippen LogP contribution in [0.1, 0.15) is 72.1 Å². The van der Waals surface area contributed by atoms with Gasteiger partial charge >= 0.3 is 0 Å². The number of Topliss-reactive ketones (excluding diaryl/α,β-unsaturated/α-hetero) is 3. The molecule has 0 bridgehead atoms. The molecule has 0 aliphatic carbocycles. The highest BCUT2D eigenvalue weighted by Gasteiger charge is 2.37. The van der Waals surface area contributed by atoms with Crippen LogP contribution in [0.15, 0.2) is 0 Å². The number of carbonyl (C=O) groups is 5. The van der Waals surface area contributed by atoms with Crippen LogP contribution in [0.4, 0.5) is 0 Å². The minimum atomic E-state index is -0.241. The van der Waals surface area contributed by atoms with Gasteiger partial charge in [-0.15, -0.1) is 0 Å². The fourth-order valence-electron chi connectivity index (χ4n) is 2.49. The normalized spacial score (nSPS) is 13.0. The molecule has 42 heavy (non-hydrogen) atoms. The van der Waals surface area contributed by atoms with E-state index in [1.165, 1.54) is 16.7 Å². The third kappa shape index (κ3) is 39.4. The van der Waals surface area contributed by atoms with Crippen molar-refractivity contribution in [1.82, 2.24) is 4.90 Å². The summed E-state index contributed by atoms with van der Waals surface area (Å²) in [6, 6.07) is 0. The Bertz CT molecular complexity index is 628. The van der Waals surface area contributed by atoms with Crippen molar-refractivity contribution in [3.63, 3.8) is 0 Å². The maximum absolute atomic E-state index is 11.6. The molecule has 1 atom stereocenters. The number of carbonyl (C=O) groups excluding carboxylic acids is 5. The molecule has 0 aromatic rings. The maximum Gasteiger partial charge on any atom is 0.242 e. The maximum atomic E-state index is 11.6. The van der Waals surface area contributed by atoms with Gasteiger partial charge in [-0.1, -0.05) is 42.4 Å². The molecule has 0 aromatic carbocycles. The van der Waals surface area contributed by atoms with E-state index in [2.05, 4.69) is 20.5 Å². The summed E-state index contributed by atoms with van der Waals surface area (Å²) in [5.74, 6) is 2.64. The first-order chi connectivity index (χ1) is 20.0. The Morgan fingerprint density at radius 3 is 1.52 bits per heavy atom. The number of ether oxygens (including phenoxy) is 3. The summed E-state index contributed by atoms with van der Waals surface area (Å²) in [4.78, 5) is 56.7. The van der Waals surface area contributed by atoms with Crippen molar-refractivity contribution in [2.45, 2.75) is 77.4 Å². The number of thioether (sulfide) groups is 2. The van der Waals surface area contributed by atoms with Gasteiger partial charge in [0, 0.05) is 99.9 Å². The van der Waals surface area contributed by atoms with Crippen LogP contribution in [-0.2, 0) is 38.2 Å². The lowest BCUT2D eigenvalue weighted by Gasteiger charge is -2.13. The van der Waals surface area contributed by atoms with Crippen LogP contribution in [-0.4, -0.2) is 119 Å². The summed E-state index contributed by atoms with van der Waals surface area (Å²) in [6.45, 7) is 5.86. The zero-order valence-electron chi connectivity index (χ0n) is 28.2. The predicted molar refractivity (Wildman–Crippen MR) is 186 cm³/mol. The molecule has 2 amide bonds. The van der Waals surface area contributed by atoms with Crippen LogP contribution in [0, 0.1) is 0 Å². The van der Waals surface area contributed by atoms with Gasteiger partial charge in [0.2, 0.25) is 11.8 Å². The number of nitrogens with zero attached hydrogens (tertiary/aromatic N) is 1. The molecule has 13 heteroatoms. The molecule has 0 radical (unpaired) electrons. The Balaban J connectivity index is -0.000000147. The summed E-state index contributed by atoms with van der Waals surface area (Å²) in [5.41, 5.74) is 0. The van der Waals surface area contributed by atoms with Crippen LogP contribution in [0.5, 0.6) is 0 Å². The van der Waals surface area contributed by atoms with Crippen LogP contribution in [0.3, 0.4) is 0 Å². The Hall–Kier alpha value is -0.570. The fourth-order valence-corrected chi connectivity index (χ4v) is 4.79. The molecular weight excluding hydrogens is 619 g/mol. The Morgan fingerprint density at radius 2 is 1.17 bits per heavy atom. The van der Waals surface area contributed by atoms with E-state index in [0.29, 0.717) is 30.8 Å². The Labute approximate surface area is 273 Å². The lowest BCUT2D eigenvalue weighted by molar-refractivity contribution is -0.138.